The second kappa shape index (κ2) is 13.8. The molecule has 0 aliphatic carbocycles. The fraction of sp³-hybridized carbons (Fsp3) is 0.483. The van der Waals surface area contributed by atoms with Crippen LogP contribution >= 0.6 is 0 Å². The number of likely N-dealkylation sites (N-methyl/N-ethyl adjacent to an activating group) is 1. The molecule has 190 valence electrons. The summed E-state index contributed by atoms with van der Waals surface area (Å²) in [5, 5.41) is 20.8. The Bertz CT molecular complexity index is 985. The van der Waals surface area contributed by atoms with Crippen LogP contribution in [0.3, 0.4) is 0 Å². The molecule has 6 nitrogen and oxygen atoms in total. The number of nitrogens with zero attached hydrogens (tertiary/aromatic N) is 2. The van der Waals surface area contributed by atoms with Crippen molar-refractivity contribution in [3.8, 4) is 23.3 Å². The van der Waals surface area contributed by atoms with Gasteiger partial charge in [0.15, 0.2) is 11.5 Å². The van der Waals surface area contributed by atoms with E-state index in [4.69, 9.17) is 14.2 Å². The lowest BCUT2D eigenvalue weighted by molar-refractivity contribution is 0.0750. The highest BCUT2D eigenvalue weighted by atomic mass is 16.5. The molecule has 0 bridgehead atoms. The van der Waals surface area contributed by atoms with Crippen molar-refractivity contribution in [2.45, 2.75) is 44.6 Å². The highest BCUT2D eigenvalue weighted by molar-refractivity contribution is 5.47. The molecule has 0 saturated heterocycles. The van der Waals surface area contributed by atoms with Gasteiger partial charge >= 0.3 is 0 Å². The van der Waals surface area contributed by atoms with Gasteiger partial charge in [-0.25, -0.2) is 0 Å². The second-order valence-electron chi connectivity index (χ2n) is 9.24. The van der Waals surface area contributed by atoms with Gasteiger partial charge in [-0.1, -0.05) is 44.2 Å². The first-order chi connectivity index (χ1) is 16.8. The van der Waals surface area contributed by atoms with Gasteiger partial charge in [0.1, 0.15) is 18.5 Å². The average molecular weight is 481 g/mol. The summed E-state index contributed by atoms with van der Waals surface area (Å²) in [5.74, 6) is 2.17. The zero-order valence-corrected chi connectivity index (χ0v) is 21.8. The van der Waals surface area contributed by atoms with E-state index in [1.165, 1.54) is 0 Å². The molecule has 2 atom stereocenters. The summed E-state index contributed by atoms with van der Waals surface area (Å²) in [5.41, 5.74) is 1.35. The number of allylic oxidation sites excluding steroid dienone is 1. The largest absolute Gasteiger partial charge is 0.493 e. The van der Waals surface area contributed by atoms with E-state index >= 15 is 0 Å². The van der Waals surface area contributed by atoms with Crippen molar-refractivity contribution in [2.24, 2.45) is 5.92 Å². The van der Waals surface area contributed by atoms with Crippen LogP contribution in [0, 0.1) is 17.2 Å². The van der Waals surface area contributed by atoms with E-state index in [2.05, 4.69) is 31.4 Å². The van der Waals surface area contributed by atoms with E-state index < -0.39 is 11.5 Å². The lowest BCUT2D eigenvalue weighted by atomic mass is 9.69. The van der Waals surface area contributed by atoms with Gasteiger partial charge in [-0.3, -0.25) is 0 Å². The first-order valence-corrected chi connectivity index (χ1v) is 12.1. The van der Waals surface area contributed by atoms with Crippen LogP contribution in [0.2, 0.25) is 0 Å². The summed E-state index contributed by atoms with van der Waals surface area (Å²) >= 11 is 0. The molecule has 2 aromatic rings. The van der Waals surface area contributed by atoms with Crippen LogP contribution in [0.4, 0.5) is 0 Å². The Balaban J connectivity index is 1.95. The predicted octanol–water partition coefficient (Wildman–Crippen LogP) is 5.00. The number of aliphatic hydroxyl groups excluding tert-OH is 1. The van der Waals surface area contributed by atoms with Crippen LogP contribution in [0.15, 0.2) is 55.1 Å². The van der Waals surface area contributed by atoms with Crippen LogP contribution < -0.4 is 14.2 Å². The number of aliphatic hydroxyl groups is 1. The van der Waals surface area contributed by atoms with E-state index in [9.17, 15) is 10.4 Å². The number of ether oxygens (including phenoxy) is 3. The fourth-order valence-electron chi connectivity index (χ4n) is 4.42. The quantitative estimate of drug-likeness (QED) is 0.362. The molecule has 0 aliphatic rings. The van der Waals surface area contributed by atoms with Gasteiger partial charge in [-0.15, -0.1) is 6.58 Å². The molecule has 0 fully saturated rings. The molecule has 2 aromatic carbocycles. The number of rotatable bonds is 15. The molecule has 0 heterocycles. The molecule has 0 aromatic heterocycles. The predicted molar refractivity (Wildman–Crippen MR) is 140 cm³/mol. The molecule has 6 heteroatoms. The fourth-order valence-corrected chi connectivity index (χ4v) is 4.42. The standard InChI is InChI=1S/C29H40N2O4/c1-7-11-23-12-8-9-13-26(23)35-20-25(32)19-31(4)17-10-16-29(21-30,22(2)3)24-14-15-27(33-5)28(18-24)34-6/h7-9,12-15,18,22,25,32H,1,10-11,16-17,19-20H2,2-6H3. The topological polar surface area (TPSA) is 75.0 Å². The molecule has 35 heavy (non-hydrogen) atoms. The van der Waals surface area contributed by atoms with Crippen LogP contribution in [-0.4, -0.2) is 57.1 Å². The van der Waals surface area contributed by atoms with Gasteiger partial charge in [-0.05, 0) is 68.1 Å². The molecule has 0 radical (unpaired) electrons. The third kappa shape index (κ3) is 7.48. The van der Waals surface area contributed by atoms with Crippen molar-refractivity contribution in [3.63, 3.8) is 0 Å². The van der Waals surface area contributed by atoms with Crippen LogP contribution in [0.25, 0.3) is 0 Å². The van der Waals surface area contributed by atoms with E-state index in [-0.39, 0.29) is 12.5 Å². The number of nitriles is 1. The number of para-hydroxylation sites is 1. The highest BCUT2D eigenvalue weighted by Crippen LogP contribution is 2.40. The Morgan fingerprint density at radius 2 is 1.83 bits per heavy atom. The van der Waals surface area contributed by atoms with Gasteiger partial charge in [0, 0.05) is 6.54 Å². The van der Waals surface area contributed by atoms with Crippen molar-refractivity contribution in [1.29, 1.82) is 5.26 Å². The summed E-state index contributed by atoms with van der Waals surface area (Å²) in [6, 6.07) is 16.1. The Labute approximate surface area is 210 Å². The summed E-state index contributed by atoms with van der Waals surface area (Å²) in [6.45, 7) is 9.41. The average Bonchev–Trinajstić information content (AvgIpc) is 2.85. The molecule has 0 aliphatic heterocycles. The van der Waals surface area contributed by atoms with Gasteiger partial charge in [-0.2, -0.15) is 5.26 Å². The maximum atomic E-state index is 10.5. The first kappa shape index (κ1) is 28.2. The molecule has 0 amide bonds. The Morgan fingerprint density at radius 3 is 2.46 bits per heavy atom. The zero-order valence-electron chi connectivity index (χ0n) is 21.8. The SMILES string of the molecule is C=CCc1ccccc1OCC(O)CN(C)CCCC(C#N)(c1ccc(OC)c(OC)c1)C(C)C. The molecule has 0 saturated carbocycles. The van der Waals surface area contributed by atoms with Crippen LogP contribution in [-0.2, 0) is 11.8 Å². The second-order valence-corrected chi connectivity index (χ2v) is 9.24. The third-order valence-electron chi connectivity index (χ3n) is 6.49. The van der Waals surface area contributed by atoms with Gasteiger partial charge in [0.25, 0.3) is 0 Å². The Kier molecular flexibility index (Phi) is 11.1. The van der Waals surface area contributed by atoms with Crippen LogP contribution in [0.5, 0.6) is 17.2 Å². The Hall–Kier alpha value is -3.01. The molecular formula is C29H40N2O4. The van der Waals surface area contributed by atoms with Crippen molar-refractivity contribution < 1.29 is 19.3 Å². The first-order valence-electron chi connectivity index (χ1n) is 12.1. The number of hydrogen-bond acceptors (Lipinski definition) is 6. The highest BCUT2D eigenvalue weighted by Gasteiger charge is 2.36. The van der Waals surface area contributed by atoms with Gasteiger partial charge < -0.3 is 24.2 Å². The van der Waals surface area contributed by atoms with Crippen molar-refractivity contribution in [2.75, 3.05) is 41.0 Å². The minimum atomic E-state index is -0.642. The summed E-state index contributed by atoms with van der Waals surface area (Å²) in [6.07, 6.45) is 3.46. The number of methoxy groups -OCH3 is 2. The maximum Gasteiger partial charge on any atom is 0.161 e. The van der Waals surface area contributed by atoms with E-state index in [0.717, 1.165) is 36.3 Å². The normalized spacial score (nSPS) is 13.7. The summed E-state index contributed by atoms with van der Waals surface area (Å²) in [7, 11) is 5.19. The third-order valence-corrected chi connectivity index (χ3v) is 6.49. The number of hydrogen-bond donors (Lipinski definition) is 1. The van der Waals surface area contributed by atoms with Gasteiger partial charge in [0.2, 0.25) is 0 Å². The van der Waals surface area contributed by atoms with E-state index in [0.29, 0.717) is 24.5 Å². The van der Waals surface area contributed by atoms with E-state index in [1.807, 2.05) is 55.6 Å². The van der Waals surface area contributed by atoms with Crippen molar-refractivity contribution >= 4 is 0 Å². The Morgan fingerprint density at radius 1 is 1.11 bits per heavy atom. The minimum Gasteiger partial charge on any atom is -0.493 e. The van der Waals surface area contributed by atoms with E-state index in [1.54, 1.807) is 14.2 Å². The lowest BCUT2D eigenvalue weighted by Gasteiger charge is -2.32. The van der Waals surface area contributed by atoms with Crippen molar-refractivity contribution in [1.82, 2.24) is 4.90 Å². The summed E-state index contributed by atoms with van der Waals surface area (Å²) in [4.78, 5) is 2.08. The van der Waals surface area contributed by atoms with Crippen LogP contribution in [0.1, 0.15) is 37.8 Å². The molecule has 2 unspecified atom stereocenters. The molecular weight excluding hydrogens is 440 g/mol. The number of benzene rings is 2. The molecule has 2 rings (SSSR count). The molecule has 1 N–H and O–H groups in total. The summed E-state index contributed by atoms with van der Waals surface area (Å²) < 4.78 is 16.7. The zero-order chi connectivity index (χ0) is 25.8. The van der Waals surface area contributed by atoms with Crippen molar-refractivity contribution in [3.05, 3.63) is 66.2 Å². The molecule has 0 spiro atoms. The lowest BCUT2D eigenvalue weighted by Crippen LogP contribution is -2.35. The van der Waals surface area contributed by atoms with Gasteiger partial charge in [0.05, 0.1) is 25.7 Å². The maximum absolute atomic E-state index is 10.5. The minimum absolute atomic E-state index is 0.116. The monoisotopic (exact) mass is 480 g/mol. The smallest absolute Gasteiger partial charge is 0.161 e.